The Morgan fingerprint density at radius 1 is 1.31 bits per heavy atom. The quantitative estimate of drug-likeness (QED) is 0.172. The Bertz CT molecular complexity index is 919. The van der Waals surface area contributed by atoms with Crippen LogP contribution in [0.3, 0.4) is 0 Å². The Labute approximate surface area is 189 Å². The second-order valence-electron chi connectivity index (χ2n) is 6.81. The van der Waals surface area contributed by atoms with Gasteiger partial charge < -0.3 is 14.5 Å². The van der Waals surface area contributed by atoms with Crippen molar-refractivity contribution in [1.29, 1.82) is 0 Å². The van der Waals surface area contributed by atoms with Crippen molar-refractivity contribution >= 4 is 30.1 Å². The van der Waals surface area contributed by atoms with Crippen LogP contribution < -0.4 is 0 Å². The Morgan fingerprint density at radius 2 is 2.03 bits per heavy atom. The summed E-state index contributed by atoms with van der Waals surface area (Å²) in [6.07, 6.45) is 5.19. The van der Waals surface area contributed by atoms with Gasteiger partial charge >= 0.3 is 5.97 Å². The van der Waals surface area contributed by atoms with Crippen LogP contribution in [0.5, 0.6) is 0 Å². The van der Waals surface area contributed by atoms with Gasteiger partial charge in [0.05, 0.1) is 19.0 Å². The summed E-state index contributed by atoms with van der Waals surface area (Å²) in [4.78, 5) is 27.5. The van der Waals surface area contributed by atoms with E-state index in [0.29, 0.717) is 23.3 Å². The number of methoxy groups -OCH3 is 1. The van der Waals surface area contributed by atoms with Crippen molar-refractivity contribution in [3.63, 3.8) is 0 Å². The maximum Gasteiger partial charge on any atom is 0.346 e. The van der Waals surface area contributed by atoms with Crippen molar-refractivity contribution in [3.05, 3.63) is 59.9 Å². The number of hydrogen-bond acceptors (Lipinski definition) is 9. The van der Waals surface area contributed by atoms with Gasteiger partial charge in [-0.05, 0) is 31.5 Å². The van der Waals surface area contributed by atoms with Crippen molar-refractivity contribution in [2.45, 2.75) is 26.4 Å². The van der Waals surface area contributed by atoms with Crippen LogP contribution in [0.25, 0.3) is 0 Å². The lowest BCUT2D eigenvalue weighted by Gasteiger charge is -2.16. The molecule has 0 fully saturated rings. The first kappa shape index (κ1) is 26.3. The van der Waals surface area contributed by atoms with Crippen LogP contribution in [0.2, 0.25) is 0 Å². The molecular formula is C23H31N5O4. The van der Waals surface area contributed by atoms with E-state index in [9.17, 15) is 9.59 Å². The van der Waals surface area contributed by atoms with E-state index in [2.05, 4.69) is 26.5 Å². The summed E-state index contributed by atoms with van der Waals surface area (Å²) in [7, 11) is 6.45. The van der Waals surface area contributed by atoms with E-state index in [0.717, 1.165) is 5.56 Å². The Kier molecular flexibility index (Phi) is 11.1. The molecule has 0 aliphatic carbocycles. The van der Waals surface area contributed by atoms with Crippen molar-refractivity contribution < 1.29 is 19.1 Å². The van der Waals surface area contributed by atoms with Gasteiger partial charge in [-0.3, -0.25) is 9.79 Å². The van der Waals surface area contributed by atoms with Crippen molar-refractivity contribution in [2.24, 2.45) is 15.2 Å². The molecular weight excluding hydrogens is 410 g/mol. The molecule has 0 aliphatic rings. The molecule has 0 bridgehead atoms. The van der Waals surface area contributed by atoms with Crippen LogP contribution in [-0.2, 0) is 25.5 Å². The molecule has 0 spiro atoms. The molecule has 32 heavy (non-hydrogen) atoms. The van der Waals surface area contributed by atoms with E-state index in [-0.39, 0.29) is 12.3 Å². The number of benzene rings is 1. The number of allylic oxidation sites excluding steroid dienone is 2. The van der Waals surface area contributed by atoms with Gasteiger partial charge in [-0.15, -0.1) is 0 Å². The normalized spacial score (nSPS) is 13.2. The summed E-state index contributed by atoms with van der Waals surface area (Å²) >= 11 is 0. The molecule has 0 N–H and O–H groups in total. The van der Waals surface area contributed by atoms with Gasteiger partial charge in [-0.25, -0.2) is 9.80 Å². The van der Waals surface area contributed by atoms with Gasteiger partial charge in [0.25, 0.3) is 0 Å². The van der Waals surface area contributed by atoms with Gasteiger partial charge in [0.15, 0.2) is 12.4 Å². The topological polar surface area (TPSA) is 96.2 Å². The summed E-state index contributed by atoms with van der Waals surface area (Å²) in [5, 5.41) is 11.7. The fraction of sp³-hybridized carbons (Fsp3) is 0.348. The molecule has 9 heteroatoms. The lowest BCUT2D eigenvalue weighted by molar-refractivity contribution is -0.148. The number of esters is 1. The fourth-order valence-electron chi connectivity index (χ4n) is 2.47. The van der Waals surface area contributed by atoms with Crippen LogP contribution in [0, 0.1) is 0 Å². The molecule has 0 saturated heterocycles. The molecule has 0 aliphatic heterocycles. The summed E-state index contributed by atoms with van der Waals surface area (Å²) in [5.41, 5.74) is 2.27. The van der Waals surface area contributed by atoms with Gasteiger partial charge in [-0.1, -0.05) is 24.8 Å². The minimum absolute atomic E-state index is 0.271. The molecule has 1 aromatic rings. The number of carbonyl (C=O) groups is 2. The van der Waals surface area contributed by atoms with Crippen molar-refractivity contribution in [3.8, 4) is 0 Å². The van der Waals surface area contributed by atoms with E-state index in [1.807, 2.05) is 25.1 Å². The number of carbonyl (C=O) groups excluding carboxylic acids is 2. The minimum Gasteiger partial charge on any atom is -0.466 e. The highest BCUT2D eigenvalue weighted by atomic mass is 16.6. The zero-order valence-corrected chi connectivity index (χ0v) is 19.5. The molecule has 0 heterocycles. The van der Waals surface area contributed by atoms with Crippen molar-refractivity contribution in [1.82, 2.24) is 10.0 Å². The predicted molar refractivity (Wildman–Crippen MR) is 127 cm³/mol. The third kappa shape index (κ3) is 8.55. The van der Waals surface area contributed by atoms with Gasteiger partial charge in [0, 0.05) is 39.3 Å². The first-order chi connectivity index (χ1) is 15.2. The SMILES string of the molecule is C=C(C=NN(C)C)N(C=CC)N=C(C=O)Cc1cccc(C(=NC)OC(C)C(=O)OC)c1. The zero-order valence-electron chi connectivity index (χ0n) is 19.5. The average Bonchev–Trinajstić information content (AvgIpc) is 2.79. The van der Waals surface area contributed by atoms with E-state index >= 15 is 0 Å². The third-order valence-electron chi connectivity index (χ3n) is 3.98. The molecule has 172 valence electrons. The summed E-state index contributed by atoms with van der Waals surface area (Å²) < 4.78 is 10.3. The van der Waals surface area contributed by atoms with E-state index in [1.165, 1.54) is 12.1 Å². The standard InChI is InChI=1S/C23H31N5O4/c1-8-12-28(17(2)15-25-27(5)6)26-21(16-29)14-19-10-9-11-20(13-19)22(24-4)32-18(3)23(30)31-7/h8-13,15-16,18H,2,14H2,1,3-7H3. The first-order valence-electron chi connectivity index (χ1n) is 9.91. The van der Waals surface area contributed by atoms with Crippen LogP contribution in [-0.4, -0.2) is 74.5 Å². The molecule has 1 unspecified atom stereocenters. The first-order valence-corrected chi connectivity index (χ1v) is 9.91. The predicted octanol–water partition coefficient (Wildman–Crippen LogP) is 2.64. The second-order valence-corrected chi connectivity index (χ2v) is 6.81. The molecule has 0 saturated carbocycles. The molecule has 0 radical (unpaired) electrons. The highest BCUT2D eigenvalue weighted by Gasteiger charge is 2.18. The smallest absolute Gasteiger partial charge is 0.346 e. The van der Waals surface area contributed by atoms with E-state index in [1.54, 1.807) is 57.6 Å². The molecule has 1 atom stereocenters. The van der Waals surface area contributed by atoms with Gasteiger partial charge in [0.1, 0.15) is 5.71 Å². The monoisotopic (exact) mass is 441 g/mol. The second kappa shape index (κ2) is 13.5. The molecule has 0 aromatic heterocycles. The largest absolute Gasteiger partial charge is 0.466 e. The number of nitrogens with zero attached hydrogens (tertiary/aromatic N) is 5. The lowest BCUT2D eigenvalue weighted by Crippen LogP contribution is -2.26. The van der Waals surface area contributed by atoms with Crippen LogP contribution in [0.15, 0.2) is 64.0 Å². The molecule has 9 nitrogen and oxygen atoms in total. The van der Waals surface area contributed by atoms with E-state index < -0.39 is 12.1 Å². The number of aldehydes is 1. The van der Waals surface area contributed by atoms with Crippen LogP contribution in [0.1, 0.15) is 25.0 Å². The summed E-state index contributed by atoms with van der Waals surface area (Å²) in [5.74, 6) is -0.210. The fourth-order valence-corrected chi connectivity index (χ4v) is 2.47. The Balaban J connectivity index is 3.11. The third-order valence-corrected chi connectivity index (χ3v) is 3.98. The number of ether oxygens (including phenoxy) is 2. The van der Waals surface area contributed by atoms with Crippen LogP contribution in [0.4, 0.5) is 0 Å². The number of aliphatic imine (C=N–C) groups is 1. The lowest BCUT2D eigenvalue weighted by atomic mass is 10.1. The molecule has 0 amide bonds. The van der Waals surface area contributed by atoms with Crippen molar-refractivity contribution in [2.75, 3.05) is 28.3 Å². The van der Waals surface area contributed by atoms with Gasteiger partial charge in [-0.2, -0.15) is 10.2 Å². The highest BCUT2D eigenvalue weighted by Crippen LogP contribution is 2.12. The maximum absolute atomic E-state index is 11.7. The maximum atomic E-state index is 11.7. The summed E-state index contributed by atoms with van der Waals surface area (Å²) in [6.45, 7) is 7.36. The summed E-state index contributed by atoms with van der Waals surface area (Å²) in [6, 6.07) is 7.31. The van der Waals surface area contributed by atoms with Crippen LogP contribution >= 0.6 is 0 Å². The average molecular weight is 442 g/mol. The number of hydrazone groups is 2. The van der Waals surface area contributed by atoms with E-state index in [4.69, 9.17) is 4.74 Å². The zero-order chi connectivity index (χ0) is 24.1. The van der Waals surface area contributed by atoms with Gasteiger partial charge in [0.2, 0.25) is 5.90 Å². The molecule has 1 aromatic carbocycles. The minimum atomic E-state index is -0.807. The molecule has 1 rings (SSSR count). The highest BCUT2D eigenvalue weighted by molar-refractivity contribution is 6.28. The number of rotatable bonds is 11. The number of hydrogen-bond donors (Lipinski definition) is 0. The Hall–Kier alpha value is -3.75. The Morgan fingerprint density at radius 3 is 2.59 bits per heavy atom.